The minimum atomic E-state index is -1.24. The van der Waals surface area contributed by atoms with Gasteiger partial charge in [-0.15, -0.1) is 0 Å². The van der Waals surface area contributed by atoms with Crippen molar-refractivity contribution < 1.29 is 20.1 Å². The molecule has 0 aromatic carbocycles. The van der Waals surface area contributed by atoms with Gasteiger partial charge in [0.1, 0.15) is 18.3 Å². The fraction of sp³-hybridized carbons (Fsp3) is 0.500. The topological polar surface area (TPSA) is 133 Å². The van der Waals surface area contributed by atoms with Gasteiger partial charge in [-0.2, -0.15) is 0 Å². The van der Waals surface area contributed by atoms with Crippen LogP contribution in [-0.4, -0.2) is 59.8 Å². The zero-order chi connectivity index (χ0) is 13.6. The minimum Gasteiger partial charge on any atom is -0.394 e. The molecule has 2 aromatic rings. The third-order valence-electron chi connectivity index (χ3n) is 3.16. The van der Waals surface area contributed by atoms with Crippen molar-refractivity contribution in [2.24, 2.45) is 0 Å². The van der Waals surface area contributed by atoms with Crippen LogP contribution in [-0.2, 0) is 4.74 Å². The molecule has 0 aliphatic carbocycles. The number of aromatic nitrogens is 4. The zero-order valence-corrected chi connectivity index (χ0v) is 9.67. The van der Waals surface area contributed by atoms with Gasteiger partial charge >= 0.3 is 0 Å². The van der Waals surface area contributed by atoms with E-state index in [1.165, 1.54) is 17.2 Å². The Balaban J connectivity index is 2.06. The van der Waals surface area contributed by atoms with Gasteiger partial charge in [0.15, 0.2) is 17.4 Å². The van der Waals surface area contributed by atoms with Crippen molar-refractivity contribution in [2.45, 2.75) is 24.5 Å². The van der Waals surface area contributed by atoms with Crippen LogP contribution < -0.4 is 5.56 Å². The molecule has 0 bridgehead atoms. The molecule has 1 aliphatic heterocycles. The molecule has 4 atom stereocenters. The molecule has 1 aliphatic rings. The molecule has 1 fully saturated rings. The fourth-order valence-electron chi connectivity index (χ4n) is 2.16. The van der Waals surface area contributed by atoms with Crippen molar-refractivity contribution in [2.75, 3.05) is 6.61 Å². The number of aliphatic hydroxyl groups excluding tert-OH is 3. The highest BCUT2D eigenvalue weighted by molar-refractivity contribution is 5.68. The average Bonchev–Trinajstić information content (AvgIpc) is 2.94. The molecule has 2 aromatic heterocycles. The second-order valence-corrected chi connectivity index (χ2v) is 4.28. The summed E-state index contributed by atoms with van der Waals surface area (Å²) in [4.78, 5) is 21.8. The number of aliphatic hydroxyl groups is 3. The van der Waals surface area contributed by atoms with Crippen molar-refractivity contribution in [3.63, 3.8) is 0 Å². The quantitative estimate of drug-likeness (QED) is 0.482. The maximum Gasteiger partial charge on any atom is 0.278 e. The number of fused-ring (bicyclic) bond motifs is 1. The van der Waals surface area contributed by atoms with Crippen LogP contribution in [0.25, 0.3) is 11.2 Å². The molecular formula is C10H12N4O5. The lowest BCUT2D eigenvalue weighted by atomic mass is 10.1. The molecule has 19 heavy (non-hydrogen) atoms. The molecule has 3 heterocycles. The lowest BCUT2D eigenvalue weighted by Gasteiger charge is -2.16. The van der Waals surface area contributed by atoms with Crippen LogP contribution in [0.3, 0.4) is 0 Å². The molecule has 9 heteroatoms. The maximum atomic E-state index is 11.5. The molecule has 3 rings (SSSR count). The van der Waals surface area contributed by atoms with E-state index in [1.807, 2.05) is 0 Å². The second kappa shape index (κ2) is 4.38. The molecule has 0 amide bonds. The van der Waals surface area contributed by atoms with E-state index < -0.39 is 36.7 Å². The van der Waals surface area contributed by atoms with Gasteiger partial charge in [-0.25, -0.2) is 9.97 Å². The number of nitrogens with one attached hydrogen (secondary N) is 1. The normalized spacial score (nSPS) is 31.1. The zero-order valence-electron chi connectivity index (χ0n) is 9.67. The van der Waals surface area contributed by atoms with Crippen LogP contribution in [0.15, 0.2) is 17.4 Å². The van der Waals surface area contributed by atoms with Gasteiger partial charge < -0.3 is 25.0 Å². The number of ether oxygens (including phenoxy) is 1. The van der Waals surface area contributed by atoms with Crippen molar-refractivity contribution in [1.82, 2.24) is 19.5 Å². The summed E-state index contributed by atoms with van der Waals surface area (Å²) in [5, 5.41) is 28.6. The summed E-state index contributed by atoms with van der Waals surface area (Å²) in [6, 6.07) is 0. The van der Waals surface area contributed by atoms with Gasteiger partial charge in [-0.1, -0.05) is 0 Å². The Morgan fingerprint density at radius 1 is 1.37 bits per heavy atom. The van der Waals surface area contributed by atoms with E-state index in [9.17, 15) is 15.0 Å². The first-order valence-electron chi connectivity index (χ1n) is 5.66. The summed E-state index contributed by atoms with van der Waals surface area (Å²) < 4.78 is 6.70. The van der Waals surface area contributed by atoms with E-state index in [0.29, 0.717) is 0 Å². The van der Waals surface area contributed by atoms with Crippen LogP contribution in [0.5, 0.6) is 0 Å². The van der Waals surface area contributed by atoms with E-state index in [2.05, 4.69) is 15.0 Å². The fourth-order valence-corrected chi connectivity index (χ4v) is 2.16. The van der Waals surface area contributed by atoms with Gasteiger partial charge in [0, 0.05) is 0 Å². The Labute approximate surface area is 106 Å². The van der Waals surface area contributed by atoms with Gasteiger partial charge in [0.2, 0.25) is 0 Å². The standard InChI is InChI=1S/C10H12N4O5/c15-1-4-6(16)7(17)10(19-4)14-3-13-5-8(14)11-2-12-9(5)18/h2-4,6-7,10,15-17H,1H2,(H,11,12,18)/t4-,6-,7-,10+/m1/s1. The highest BCUT2D eigenvalue weighted by Gasteiger charge is 2.43. The highest BCUT2D eigenvalue weighted by Crippen LogP contribution is 2.30. The molecule has 9 nitrogen and oxygen atoms in total. The third kappa shape index (κ3) is 1.75. The number of rotatable bonds is 2. The van der Waals surface area contributed by atoms with Gasteiger partial charge in [-0.3, -0.25) is 9.36 Å². The summed E-state index contributed by atoms with van der Waals surface area (Å²) in [6.07, 6.45) is -1.78. The summed E-state index contributed by atoms with van der Waals surface area (Å²) in [5.41, 5.74) is -0.0608. The van der Waals surface area contributed by atoms with Gasteiger partial charge in [-0.05, 0) is 0 Å². The highest BCUT2D eigenvalue weighted by atomic mass is 16.6. The molecular weight excluding hydrogens is 256 g/mol. The smallest absolute Gasteiger partial charge is 0.278 e. The van der Waals surface area contributed by atoms with E-state index in [4.69, 9.17) is 9.84 Å². The van der Waals surface area contributed by atoms with E-state index in [1.54, 1.807) is 0 Å². The summed E-state index contributed by atoms with van der Waals surface area (Å²) >= 11 is 0. The van der Waals surface area contributed by atoms with Crippen LogP contribution >= 0.6 is 0 Å². The number of aromatic amines is 1. The molecule has 0 radical (unpaired) electrons. The van der Waals surface area contributed by atoms with E-state index in [0.717, 1.165) is 0 Å². The van der Waals surface area contributed by atoms with Crippen molar-refractivity contribution in [1.29, 1.82) is 0 Å². The van der Waals surface area contributed by atoms with Crippen LogP contribution in [0.2, 0.25) is 0 Å². The van der Waals surface area contributed by atoms with Crippen molar-refractivity contribution in [3.05, 3.63) is 23.0 Å². The summed E-state index contributed by atoms with van der Waals surface area (Å²) in [7, 11) is 0. The first-order chi connectivity index (χ1) is 9.13. The Hall–Kier alpha value is -1.81. The Morgan fingerprint density at radius 3 is 2.84 bits per heavy atom. The van der Waals surface area contributed by atoms with Crippen LogP contribution in [0, 0.1) is 0 Å². The Morgan fingerprint density at radius 2 is 2.16 bits per heavy atom. The lowest BCUT2D eigenvalue weighted by Crippen LogP contribution is -2.33. The van der Waals surface area contributed by atoms with E-state index in [-0.39, 0.29) is 11.2 Å². The minimum absolute atomic E-state index is 0.111. The summed E-state index contributed by atoms with van der Waals surface area (Å²) in [5.74, 6) is 0. The Kier molecular flexibility index (Phi) is 2.82. The molecule has 0 saturated carbocycles. The molecule has 1 saturated heterocycles. The molecule has 4 N–H and O–H groups in total. The maximum absolute atomic E-state index is 11.5. The largest absolute Gasteiger partial charge is 0.394 e. The predicted octanol–water partition coefficient (Wildman–Crippen LogP) is -2.27. The molecule has 0 unspecified atom stereocenters. The number of H-pyrrole nitrogens is 1. The number of nitrogens with zero attached hydrogens (tertiary/aromatic N) is 3. The second-order valence-electron chi connectivity index (χ2n) is 4.28. The van der Waals surface area contributed by atoms with Crippen molar-refractivity contribution in [3.8, 4) is 0 Å². The van der Waals surface area contributed by atoms with Crippen LogP contribution in [0.1, 0.15) is 6.23 Å². The average molecular weight is 268 g/mol. The SMILES string of the molecule is O=c1[nH]cnc2c1ncn2[C@H]1O[C@H](CO)[C@@H](O)[C@H]1O. The van der Waals surface area contributed by atoms with E-state index >= 15 is 0 Å². The number of hydrogen-bond donors (Lipinski definition) is 4. The lowest BCUT2D eigenvalue weighted by molar-refractivity contribution is -0.0511. The predicted molar refractivity (Wildman–Crippen MR) is 61.2 cm³/mol. The Bertz CT molecular complexity index is 653. The number of hydrogen-bond acceptors (Lipinski definition) is 7. The third-order valence-corrected chi connectivity index (χ3v) is 3.16. The van der Waals surface area contributed by atoms with Gasteiger partial charge in [0.25, 0.3) is 5.56 Å². The van der Waals surface area contributed by atoms with Crippen molar-refractivity contribution >= 4 is 11.2 Å². The first-order valence-corrected chi connectivity index (χ1v) is 5.66. The first kappa shape index (κ1) is 12.2. The monoisotopic (exact) mass is 268 g/mol. The molecule has 0 spiro atoms. The molecule has 102 valence electrons. The van der Waals surface area contributed by atoms with Crippen LogP contribution in [0.4, 0.5) is 0 Å². The number of imidazole rings is 1. The summed E-state index contributed by atoms with van der Waals surface area (Å²) in [6.45, 7) is -0.421. The van der Waals surface area contributed by atoms with Gasteiger partial charge in [0.05, 0.1) is 19.3 Å².